The van der Waals surface area contributed by atoms with Crippen LogP contribution in [0.1, 0.15) is 37.9 Å². The summed E-state index contributed by atoms with van der Waals surface area (Å²) < 4.78 is 5.68. The number of likely N-dealkylation sites (tertiary alicyclic amines) is 1. The second-order valence-electron chi connectivity index (χ2n) is 6.15. The van der Waals surface area contributed by atoms with Gasteiger partial charge < -0.3 is 15.0 Å². The largest absolute Gasteiger partial charge is 0.364 e. The van der Waals surface area contributed by atoms with Gasteiger partial charge in [-0.15, -0.1) is 0 Å². The molecule has 0 aromatic heterocycles. The van der Waals surface area contributed by atoms with Crippen molar-refractivity contribution in [2.75, 3.05) is 26.2 Å². The zero-order valence-electron chi connectivity index (χ0n) is 12.7. The molecule has 1 N–H and O–H groups in total. The minimum absolute atomic E-state index is 0.000994. The van der Waals surface area contributed by atoms with Gasteiger partial charge in [0.05, 0.1) is 5.54 Å². The standard InChI is InChI=1S/C17H24N2O2/c1-2-21-15(14-7-4-3-5-8-14)16(20)18-17(9-10-17)13-19-11-6-12-19/h3-5,7-8,15H,2,6,9-13H2,1H3,(H,18,20). The van der Waals surface area contributed by atoms with Gasteiger partial charge in [0.1, 0.15) is 0 Å². The van der Waals surface area contributed by atoms with Gasteiger partial charge in [-0.2, -0.15) is 0 Å². The molecule has 21 heavy (non-hydrogen) atoms. The summed E-state index contributed by atoms with van der Waals surface area (Å²) in [7, 11) is 0. The van der Waals surface area contributed by atoms with E-state index in [1.165, 1.54) is 19.5 Å². The topological polar surface area (TPSA) is 41.6 Å². The quantitative estimate of drug-likeness (QED) is 0.835. The lowest BCUT2D eigenvalue weighted by Gasteiger charge is -2.35. The van der Waals surface area contributed by atoms with Gasteiger partial charge in [0.2, 0.25) is 0 Å². The Morgan fingerprint density at radius 1 is 1.33 bits per heavy atom. The van der Waals surface area contributed by atoms with Gasteiger partial charge in [-0.05, 0) is 44.8 Å². The van der Waals surface area contributed by atoms with E-state index in [1.807, 2.05) is 37.3 Å². The summed E-state index contributed by atoms with van der Waals surface area (Å²) in [6, 6.07) is 9.75. The van der Waals surface area contributed by atoms with Crippen LogP contribution in [-0.2, 0) is 9.53 Å². The van der Waals surface area contributed by atoms with Gasteiger partial charge >= 0.3 is 0 Å². The van der Waals surface area contributed by atoms with E-state index in [0.29, 0.717) is 6.61 Å². The highest BCUT2D eigenvalue weighted by Gasteiger charge is 2.46. The molecule has 0 bridgehead atoms. The number of hydrogen-bond acceptors (Lipinski definition) is 3. The Kier molecular flexibility index (Phi) is 4.27. The number of nitrogens with zero attached hydrogens (tertiary/aromatic N) is 1. The van der Waals surface area contributed by atoms with Gasteiger partial charge in [-0.1, -0.05) is 30.3 Å². The smallest absolute Gasteiger partial charge is 0.254 e. The number of nitrogens with one attached hydrogen (secondary N) is 1. The van der Waals surface area contributed by atoms with Crippen LogP contribution in [0.3, 0.4) is 0 Å². The third kappa shape index (κ3) is 3.44. The molecule has 0 radical (unpaired) electrons. The van der Waals surface area contributed by atoms with E-state index in [4.69, 9.17) is 4.74 Å². The van der Waals surface area contributed by atoms with E-state index < -0.39 is 6.10 Å². The third-order valence-corrected chi connectivity index (χ3v) is 4.39. The number of ether oxygens (including phenoxy) is 1. The second kappa shape index (κ2) is 6.16. The van der Waals surface area contributed by atoms with Crippen molar-refractivity contribution in [2.45, 2.75) is 37.8 Å². The number of rotatable bonds is 7. The van der Waals surface area contributed by atoms with E-state index in [-0.39, 0.29) is 11.4 Å². The summed E-state index contributed by atoms with van der Waals surface area (Å²) in [6.45, 7) is 5.80. The molecular weight excluding hydrogens is 264 g/mol. The lowest BCUT2D eigenvalue weighted by Crippen LogP contribution is -2.51. The molecule has 1 aromatic rings. The monoisotopic (exact) mass is 288 g/mol. The molecule has 2 fully saturated rings. The fourth-order valence-electron chi connectivity index (χ4n) is 2.89. The number of carbonyl (C=O) groups excluding carboxylic acids is 1. The molecule has 1 saturated heterocycles. The van der Waals surface area contributed by atoms with Crippen LogP contribution in [0.15, 0.2) is 30.3 Å². The van der Waals surface area contributed by atoms with Crippen LogP contribution in [0.2, 0.25) is 0 Å². The number of hydrogen-bond donors (Lipinski definition) is 1. The van der Waals surface area contributed by atoms with E-state index in [9.17, 15) is 4.79 Å². The Balaban J connectivity index is 1.64. The molecular formula is C17H24N2O2. The van der Waals surface area contributed by atoms with Crippen molar-refractivity contribution >= 4 is 5.91 Å². The summed E-state index contributed by atoms with van der Waals surface area (Å²) in [4.78, 5) is 15.0. The molecule has 1 saturated carbocycles. The highest BCUT2D eigenvalue weighted by Crippen LogP contribution is 2.38. The normalized spacial score (nSPS) is 21.4. The predicted molar refractivity (Wildman–Crippen MR) is 82.0 cm³/mol. The zero-order valence-corrected chi connectivity index (χ0v) is 12.7. The molecule has 1 heterocycles. The Labute approximate surface area is 126 Å². The van der Waals surface area contributed by atoms with Crippen molar-refractivity contribution in [1.82, 2.24) is 10.2 Å². The minimum Gasteiger partial charge on any atom is -0.364 e. The number of amides is 1. The number of carbonyl (C=O) groups is 1. The first-order valence-electron chi connectivity index (χ1n) is 7.93. The first-order chi connectivity index (χ1) is 10.2. The van der Waals surface area contributed by atoms with Crippen LogP contribution in [0.4, 0.5) is 0 Å². The Morgan fingerprint density at radius 2 is 2.05 bits per heavy atom. The van der Waals surface area contributed by atoms with Crippen molar-refractivity contribution in [1.29, 1.82) is 0 Å². The maximum atomic E-state index is 12.6. The average Bonchev–Trinajstić information content (AvgIpc) is 3.21. The fourth-order valence-corrected chi connectivity index (χ4v) is 2.89. The summed E-state index contributed by atoms with van der Waals surface area (Å²) >= 11 is 0. The molecule has 0 spiro atoms. The summed E-state index contributed by atoms with van der Waals surface area (Å²) in [6.07, 6.45) is 2.96. The summed E-state index contributed by atoms with van der Waals surface area (Å²) in [5, 5.41) is 3.24. The van der Waals surface area contributed by atoms with Crippen LogP contribution >= 0.6 is 0 Å². The minimum atomic E-state index is -0.495. The van der Waals surface area contributed by atoms with Crippen molar-refractivity contribution in [3.63, 3.8) is 0 Å². The highest BCUT2D eigenvalue weighted by atomic mass is 16.5. The van der Waals surface area contributed by atoms with Gasteiger partial charge in [-0.3, -0.25) is 4.79 Å². The molecule has 1 aromatic carbocycles. The first-order valence-corrected chi connectivity index (χ1v) is 7.93. The Hall–Kier alpha value is -1.39. The van der Waals surface area contributed by atoms with E-state index in [1.54, 1.807) is 0 Å². The van der Waals surface area contributed by atoms with Crippen LogP contribution in [0.5, 0.6) is 0 Å². The van der Waals surface area contributed by atoms with E-state index in [2.05, 4.69) is 10.2 Å². The molecule has 1 atom stereocenters. The Morgan fingerprint density at radius 3 is 2.57 bits per heavy atom. The maximum Gasteiger partial charge on any atom is 0.254 e. The average molecular weight is 288 g/mol. The third-order valence-electron chi connectivity index (χ3n) is 4.39. The van der Waals surface area contributed by atoms with Crippen LogP contribution in [-0.4, -0.2) is 42.6 Å². The lowest BCUT2D eigenvalue weighted by atomic mass is 10.1. The molecule has 3 rings (SSSR count). The van der Waals surface area contributed by atoms with Crippen molar-refractivity contribution < 1.29 is 9.53 Å². The van der Waals surface area contributed by atoms with Gasteiger partial charge in [0.25, 0.3) is 5.91 Å². The van der Waals surface area contributed by atoms with E-state index in [0.717, 1.165) is 24.9 Å². The van der Waals surface area contributed by atoms with Crippen LogP contribution < -0.4 is 5.32 Å². The SMILES string of the molecule is CCOC(C(=O)NC1(CN2CCC2)CC1)c1ccccc1. The second-order valence-corrected chi connectivity index (χ2v) is 6.15. The molecule has 4 heteroatoms. The molecule has 4 nitrogen and oxygen atoms in total. The van der Waals surface area contributed by atoms with Gasteiger partial charge in [-0.25, -0.2) is 0 Å². The first kappa shape index (κ1) is 14.5. The molecule has 1 amide bonds. The van der Waals surface area contributed by atoms with Gasteiger partial charge in [0, 0.05) is 13.2 Å². The van der Waals surface area contributed by atoms with E-state index >= 15 is 0 Å². The molecule has 114 valence electrons. The van der Waals surface area contributed by atoms with Crippen molar-refractivity contribution in [2.24, 2.45) is 0 Å². The molecule has 1 unspecified atom stereocenters. The maximum absolute atomic E-state index is 12.6. The number of benzene rings is 1. The van der Waals surface area contributed by atoms with Crippen LogP contribution in [0, 0.1) is 0 Å². The van der Waals surface area contributed by atoms with Crippen molar-refractivity contribution in [3.8, 4) is 0 Å². The highest BCUT2D eigenvalue weighted by molar-refractivity contribution is 5.83. The lowest BCUT2D eigenvalue weighted by molar-refractivity contribution is -0.134. The summed E-state index contributed by atoms with van der Waals surface area (Å²) in [5.41, 5.74) is 0.929. The molecule has 2 aliphatic rings. The van der Waals surface area contributed by atoms with Crippen molar-refractivity contribution in [3.05, 3.63) is 35.9 Å². The molecule has 1 aliphatic heterocycles. The zero-order chi connectivity index (χ0) is 14.7. The van der Waals surface area contributed by atoms with Gasteiger partial charge in [0.15, 0.2) is 6.10 Å². The van der Waals surface area contributed by atoms with Crippen LogP contribution in [0.25, 0.3) is 0 Å². The molecule has 1 aliphatic carbocycles. The fraction of sp³-hybridized carbons (Fsp3) is 0.588. The summed E-state index contributed by atoms with van der Waals surface area (Å²) in [5.74, 6) is 0.000994. The Bertz CT molecular complexity index is 481. The predicted octanol–water partition coefficient (Wildman–Crippen LogP) is 2.12.